The molecule has 4 fully saturated rings. The molecule has 4 aliphatic carbocycles. The number of hydrogen-bond donors (Lipinski definition) is 1. The van der Waals surface area contributed by atoms with Gasteiger partial charge in [-0.05, 0) is 99.2 Å². The molecule has 4 rings (SSSR count). The monoisotopic (exact) mass is 347 g/mol. The summed E-state index contributed by atoms with van der Waals surface area (Å²) < 4.78 is 0. The molecule has 1 N–H and O–H groups in total. The molecule has 0 heterocycles. The van der Waals surface area contributed by atoms with Gasteiger partial charge in [-0.2, -0.15) is 0 Å². The van der Waals surface area contributed by atoms with Crippen molar-refractivity contribution in [3.63, 3.8) is 0 Å². The largest absolute Gasteiger partial charge is 0.399 e. The van der Waals surface area contributed by atoms with E-state index in [9.17, 15) is 5.11 Å². The highest BCUT2D eigenvalue weighted by atomic mass is 16.6. The van der Waals surface area contributed by atoms with Crippen LogP contribution in [0.1, 0.15) is 78.6 Å². The zero-order valence-corrected chi connectivity index (χ0v) is 16.6. The molecule has 0 bridgehead atoms. The molecule has 142 valence electrons. The molecule has 0 saturated heterocycles. The molecule has 0 aliphatic heterocycles. The molecule has 4 saturated carbocycles. The van der Waals surface area contributed by atoms with E-state index in [0.29, 0.717) is 16.7 Å². The quantitative estimate of drug-likeness (QED) is 0.562. The topological polar surface area (TPSA) is 41.8 Å². The predicted octanol–water partition coefficient (Wildman–Crippen LogP) is 5.03. The third-order valence-corrected chi connectivity index (χ3v) is 9.38. The van der Waals surface area contributed by atoms with E-state index in [-0.39, 0.29) is 6.10 Å². The Morgan fingerprint density at radius 1 is 0.960 bits per heavy atom. The first kappa shape index (κ1) is 17.8. The van der Waals surface area contributed by atoms with E-state index in [4.69, 9.17) is 4.84 Å². The highest BCUT2D eigenvalue weighted by Crippen LogP contribution is 2.67. The van der Waals surface area contributed by atoms with Gasteiger partial charge in [0.05, 0.1) is 11.8 Å². The fraction of sp³-hybridized carbons (Fsp3) is 0.955. The van der Waals surface area contributed by atoms with E-state index >= 15 is 0 Å². The molecule has 0 spiro atoms. The number of hydrogen-bond acceptors (Lipinski definition) is 3. The molecule has 0 amide bonds. The summed E-state index contributed by atoms with van der Waals surface area (Å²) in [6, 6.07) is 0. The highest BCUT2D eigenvalue weighted by molar-refractivity contribution is 5.85. The third kappa shape index (κ3) is 2.59. The first-order valence-corrected chi connectivity index (χ1v) is 10.7. The number of aliphatic hydroxyl groups excluding tert-OH is 1. The minimum atomic E-state index is -0.0350. The lowest BCUT2D eigenvalue weighted by atomic mass is 9.44. The predicted molar refractivity (Wildman–Crippen MR) is 101 cm³/mol. The summed E-state index contributed by atoms with van der Waals surface area (Å²) in [6.07, 6.45) is 11.4. The minimum absolute atomic E-state index is 0.0350. The molecule has 0 unspecified atom stereocenters. The van der Waals surface area contributed by atoms with E-state index in [1.165, 1.54) is 50.7 Å². The Kier molecular flexibility index (Phi) is 4.46. The first-order chi connectivity index (χ1) is 11.9. The van der Waals surface area contributed by atoms with Crippen LogP contribution in [0.3, 0.4) is 0 Å². The molecule has 3 nitrogen and oxygen atoms in total. The summed E-state index contributed by atoms with van der Waals surface area (Å²) in [7, 11) is 1.68. The van der Waals surface area contributed by atoms with Crippen molar-refractivity contribution in [3.05, 3.63) is 0 Å². The average molecular weight is 348 g/mol. The van der Waals surface area contributed by atoms with E-state index < -0.39 is 0 Å². The lowest BCUT2D eigenvalue weighted by molar-refractivity contribution is -0.123. The maximum absolute atomic E-state index is 10.2. The van der Waals surface area contributed by atoms with Crippen LogP contribution >= 0.6 is 0 Å². The fourth-order valence-corrected chi connectivity index (χ4v) is 8.13. The maximum atomic E-state index is 10.2. The number of aliphatic hydroxyl groups is 1. The summed E-state index contributed by atoms with van der Waals surface area (Å²) >= 11 is 0. The molecule has 3 heteroatoms. The Morgan fingerprint density at radius 2 is 1.68 bits per heavy atom. The average Bonchev–Trinajstić information content (AvgIpc) is 2.93. The first-order valence-electron chi connectivity index (χ1n) is 10.7. The van der Waals surface area contributed by atoms with Crippen molar-refractivity contribution < 1.29 is 9.94 Å². The standard InChI is InChI=1S/C22H37NO2/c1-14(23-25-4)18-7-8-19-17-6-5-15-13-16(24)9-11-21(15,2)20(17)10-12-22(18,19)3/h15-20,24H,5-13H2,1-4H3/b23-14+/t15-,16+,17-,18+,19-,20-,21-,22+/m0/s1. The Bertz CT molecular complexity index is 546. The number of rotatable bonds is 2. The van der Waals surface area contributed by atoms with Crippen LogP contribution in [-0.4, -0.2) is 24.0 Å². The van der Waals surface area contributed by atoms with Gasteiger partial charge in [-0.15, -0.1) is 0 Å². The SMILES string of the molecule is CO/N=C(\C)[C@H]1CC[C@H]2[C@@H]3CC[C@H]4C[C@H](O)CC[C@]4(C)[C@H]3CC[C@]12C. The van der Waals surface area contributed by atoms with Gasteiger partial charge in [-0.1, -0.05) is 19.0 Å². The van der Waals surface area contributed by atoms with Gasteiger partial charge in [-0.3, -0.25) is 0 Å². The molecule has 0 aromatic carbocycles. The van der Waals surface area contributed by atoms with Crippen LogP contribution in [-0.2, 0) is 4.84 Å². The molecular weight excluding hydrogens is 310 g/mol. The van der Waals surface area contributed by atoms with E-state index in [0.717, 1.165) is 36.5 Å². The van der Waals surface area contributed by atoms with Gasteiger partial charge in [0.15, 0.2) is 0 Å². The van der Waals surface area contributed by atoms with E-state index in [2.05, 4.69) is 25.9 Å². The van der Waals surface area contributed by atoms with Crippen LogP contribution in [0.25, 0.3) is 0 Å². The van der Waals surface area contributed by atoms with Crippen LogP contribution in [0.4, 0.5) is 0 Å². The number of fused-ring (bicyclic) bond motifs is 5. The number of oxime groups is 1. The third-order valence-electron chi connectivity index (χ3n) is 9.38. The smallest absolute Gasteiger partial charge is 0.106 e. The second kappa shape index (κ2) is 6.25. The van der Waals surface area contributed by atoms with Crippen molar-refractivity contribution in [3.8, 4) is 0 Å². The number of nitrogens with zero attached hydrogens (tertiary/aromatic N) is 1. The molecule has 8 atom stereocenters. The van der Waals surface area contributed by atoms with Crippen LogP contribution in [0, 0.1) is 40.4 Å². The Balaban J connectivity index is 1.59. The Hall–Kier alpha value is -0.570. The maximum Gasteiger partial charge on any atom is 0.106 e. The fourth-order valence-electron chi connectivity index (χ4n) is 8.13. The lowest BCUT2D eigenvalue weighted by Gasteiger charge is -2.61. The Labute approximate surface area is 153 Å². The van der Waals surface area contributed by atoms with Gasteiger partial charge in [0.1, 0.15) is 7.11 Å². The van der Waals surface area contributed by atoms with Crippen LogP contribution in [0.15, 0.2) is 5.16 Å². The summed E-state index contributed by atoms with van der Waals surface area (Å²) in [5, 5.41) is 14.5. The summed E-state index contributed by atoms with van der Waals surface area (Å²) in [5.41, 5.74) is 2.12. The van der Waals surface area contributed by atoms with E-state index in [1.54, 1.807) is 7.11 Å². The van der Waals surface area contributed by atoms with Crippen LogP contribution < -0.4 is 0 Å². The summed E-state index contributed by atoms with van der Waals surface area (Å²) in [5.74, 6) is 4.02. The Morgan fingerprint density at radius 3 is 2.44 bits per heavy atom. The van der Waals surface area contributed by atoms with Crippen LogP contribution in [0.5, 0.6) is 0 Å². The van der Waals surface area contributed by atoms with Crippen molar-refractivity contribution in [2.24, 2.45) is 45.6 Å². The van der Waals surface area contributed by atoms with Crippen molar-refractivity contribution in [1.29, 1.82) is 0 Å². The zero-order chi connectivity index (χ0) is 17.8. The zero-order valence-electron chi connectivity index (χ0n) is 16.6. The molecule has 0 radical (unpaired) electrons. The molecule has 0 aromatic rings. The van der Waals surface area contributed by atoms with Crippen LogP contribution in [0.2, 0.25) is 0 Å². The second-order valence-electron chi connectivity index (χ2n) is 10.2. The van der Waals surface area contributed by atoms with Crippen molar-refractivity contribution in [1.82, 2.24) is 0 Å². The summed E-state index contributed by atoms with van der Waals surface area (Å²) in [4.78, 5) is 5.11. The summed E-state index contributed by atoms with van der Waals surface area (Å²) in [6.45, 7) is 7.31. The van der Waals surface area contributed by atoms with E-state index in [1.807, 2.05) is 0 Å². The van der Waals surface area contributed by atoms with Gasteiger partial charge in [0.2, 0.25) is 0 Å². The van der Waals surface area contributed by atoms with Gasteiger partial charge >= 0.3 is 0 Å². The highest BCUT2D eigenvalue weighted by Gasteiger charge is 2.60. The van der Waals surface area contributed by atoms with Gasteiger partial charge < -0.3 is 9.94 Å². The van der Waals surface area contributed by atoms with Gasteiger partial charge in [0, 0.05) is 5.92 Å². The van der Waals surface area contributed by atoms with Gasteiger partial charge in [0.25, 0.3) is 0 Å². The van der Waals surface area contributed by atoms with Crippen molar-refractivity contribution >= 4 is 5.71 Å². The molecular formula is C22H37NO2. The molecule has 0 aromatic heterocycles. The van der Waals surface area contributed by atoms with Gasteiger partial charge in [-0.25, -0.2) is 0 Å². The lowest BCUT2D eigenvalue weighted by Crippen LogP contribution is -2.54. The van der Waals surface area contributed by atoms with Crippen molar-refractivity contribution in [2.75, 3.05) is 7.11 Å². The van der Waals surface area contributed by atoms with Crippen molar-refractivity contribution in [2.45, 2.75) is 84.7 Å². The normalized spacial score (nSPS) is 52.9. The molecule has 4 aliphatic rings. The minimum Gasteiger partial charge on any atom is -0.399 e. The second-order valence-corrected chi connectivity index (χ2v) is 10.2. The molecule has 25 heavy (non-hydrogen) atoms.